The van der Waals surface area contributed by atoms with Crippen LogP contribution in [0.3, 0.4) is 0 Å². The highest BCUT2D eigenvalue weighted by molar-refractivity contribution is 7.80. The number of piperidine rings is 1. The van der Waals surface area contributed by atoms with E-state index in [2.05, 4.69) is 15.2 Å². The summed E-state index contributed by atoms with van der Waals surface area (Å²) in [7, 11) is 1.66. The second-order valence-corrected chi connectivity index (χ2v) is 6.83. The lowest BCUT2D eigenvalue weighted by atomic mass is 9.97. The highest BCUT2D eigenvalue weighted by Gasteiger charge is 2.25. The van der Waals surface area contributed by atoms with Gasteiger partial charge >= 0.3 is 0 Å². The van der Waals surface area contributed by atoms with E-state index in [1.807, 2.05) is 48.5 Å². The number of methoxy groups -OCH3 is 1. The molecular weight excluding hydrogens is 346 g/mol. The maximum atomic E-state index is 5.93. The minimum absolute atomic E-state index is 0.346. The monoisotopic (exact) mass is 367 g/mol. The largest absolute Gasteiger partial charge is 0.497 e. The number of nitrogens with one attached hydrogen (secondary N) is 1. The van der Waals surface area contributed by atoms with E-state index < -0.39 is 0 Å². The molecule has 6 heteroatoms. The molecular formula is C20H21N3O2S. The van der Waals surface area contributed by atoms with Crippen molar-refractivity contribution in [3.05, 3.63) is 54.4 Å². The summed E-state index contributed by atoms with van der Waals surface area (Å²) in [5, 5.41) is 4.05. The summed E-state index contributed by atoms with van der Waals surface area (Å²) < 4.78 is 11.2. The number of anilines is 1. The number of rotatable bonds is 3. The molecule has 1 aromatic heterocycles. The van der Waals surface area contributed by atoms with E-state index >= 15 is 0 Å². The predicted octanol–water partition coefficient (Wildman–Crippen LogP) is 4.41. The van der Waals surface area contributed by atoms with Crippen molar-refractivity contribution in [2.24, 2.45) is 0 Å². The van der Waals surface area contributed by atoms with E-state index in [1.54, 1.807) is 7.11 Å². The number of thiocarbonyl (C=S) groups is 1. The Balaban J connectivity index is 1.37. The molecule has 0 aliphatic carbocycles. The van der Waals surface area contributed by atoms with Crippen LogP contribution in [0.2, 0.25) is 0 Å². The summed E-state index contributed by atoms with van der Waals surface area (Å²) in [5.74, 6) is 2.00. The smallest absolute Gasteiger partial charge is 0.198 e. The number of aromatic nitrogens is 1. The van der Waals surface area contributed by atoms with Gasteiger partial charge in [-0.2, -0.15) is 0 Å². The highest BCUT2D eigenvalue weighted by atomic mass is 32.1. The van der Waals surface area contributed by atoms with Crippen LogP contribution in [-0.2, 0) is 0 Å². The molecule has 0 bridgehead atoms. The van der Waals surface area contributed by atoms with Gasteiger partial charge in [0.1, 0.15) is 11.3 Å². The van der Waals surface area contributed by atoms with Crippen molar-refractivity contribution in [2.45, 2.75) is 18.8 Å². The lowest BCUT2D eigenvalue weighted by Gasteiger charge is -2.32. The topological polar surface area (TPSA) is 50.5 Å². The zero-order chi connectivity index (χ0) is 17.9. The summed E-state index contributed by atoms with van der Waals surface area (Å²) in [6.45, 7) is 1.78. The number of nitrogens with zero attached hydrogens (tertiary/aromatic N) is 2. The summed E-state index contributed by atoms with van der Waals surface area (Å²) >= 11 is 5.58. The molecule has 1 fully saturated rings. The Bertz CT molecular complexity index is 883. The van der Waals surface area contributed by atoms with Gasteiger partial charge in [0, 0.05) is 30.8 Å². The Morgan fingerprint density at radius 3 is 2.77 bits per heavy atom. The van der Waals surface area contributed by atoms with Crippen LogP contribution >= 0.6 is 12.2 Å². The number of para-hydroxylation sites is 2. The van der Waals surface area contributed by atoms with Crippen molar-refractivity contribution >= 4 is 34.1 Å². The van der Waals surface area contributed by atoms with Gasteiger partial charge in [0.25, 0.3) is 0 Å². The zero-order valence-corrected chi connectivity index (χ0v) is 15.5. The first-order valence-electron chi connectivity index (χ1n) is 8.78. The fraction of sp³-hybridized carbons (Fsp3) is 0.300. The van der Waals surface area contributed by atoms with Gasteiger partial charge in [-0.1, -0.05) is 18.2 Å². The van der Waals surface area contributed by atoms with E-state index in [-0.39, 0.29) is 0 Å². The highest BCUT2D eigenvalue weighted by Crippen LogP contribution is 2.30. The minimum atomic E-state index is 0.346. The third-order valence-corrected chi connectivity index (χ3v) is 5.12. The van der Waals surface area contributed by atoms with Gasteiger partial charge in [-0.05, 0) is 49.3 Å². The fourth-order valence-electron chi connectivity index (χ4n) is 3.30. The molecule has 0 spiro atoms. The Hall–Kier alpha value is -2.60. The number of hydrogen-bond donors (Lipinski definition) is 1. The molecule has 3 aromatic rings. The van der Waals surface area contributed by atoms with Crippen LogP contribution in [0.25, 0.3) is 11.1 Å². The van der Waals surface area contributed by atoms with E-state index in [1.165, 1.54) is 0 Å². The minimum Gasteiger partial charge on any atom is -0.497 e. The summed E-state index contributed by atoms with van der Waals surface area (Å²) in [4.78, 5) is 6.85. The summed E-state index contributed by atoms with van der Waals surface area (Å²) in [6.07, 6.45) is 1.96. The normalized spacial score (nSPS) is 15.2. The van der Waals surface area contributed by atoms with Crippen LogP contribution in [0.4, 0.5) is 5.69 Å². The maximum absolute atomic E-state index is 5.93. The molecule has 1 saturated heterocycles. The molecule has 0 amide bonds. The molecule has 0 atom stereocenters. The fourth-order valence-corrected chi connectivity index (χ4v) is 3.60. The van der Waals surface area contributed by atoms with Crippen molar-refractivity contribution in [2.75, 3.05) is 25.5 Å². The van der Waals surface area contributed by atoms with Gasteiger partial charge in [-0.3, -0.25) is 0 Å². The molecule has 0 saturated carbocycles. The summed E-state index contributed by atoms with van der Waals surface area (Å²) in [6, 6.07) is 15.7. The SMILES string of the molecule is COc1cccc(NC(=S)N2CCC(c3nc4ccccc4o3)CC2)c1. The van der Waals surface area contributed by atoms with Crippen molar-refractivity contribution in [1.29, 1.82) is 0 Å². The van der Waals surface area contributed by atoms with Gasteiger partial charge < -0.3 is 19.4 Å². The first-order valence-corrected chi connectivity index (χ1v) is 9.19. The number of benzene rings is 2. The lowest BCUT2D eigenvalue weighted by Crippen LogP contribution is -2.40. The van der Waals surface area contributed by atoms with E-state index in [0.717, 1.165) is 59.5 Å². The molecule has 0 radical (unpaired) electrons. The average molecular weight is 367 g/mol. The lowest BCUT2D eigenvalue weighted by molar-refractivity contribution is 0.290. The maximum Gasteiger partial charge on any atom is 0.198 e. The van der Waals surface area contributed by atoms with Crippen molar-refractivity contribution in [3.8, 4) is 5.75 Å². The molecule has 0 unspecified atom stereocenters. The second-order valence-electron chi connectivity index (χ2n) is 6.44. The molecule has 1 N–H and O–H groups in total. The van der Waals surface area contributed by atoms with Crippen molar-refractivity contribution < 1.29 is 9.15 Å². The van der Waals surface area contributed by atoms with E-state index in [9.17, 15) is 0 Å². The molecule has 1 aliphatic rings. The Kier molecular flexibility index (Phi) is 4.75. The molecule has 1 aliphatic heterocycles. The Morgan fingerprint density at radius 2 is 2.00 bits per heavy atom. The second kappa shape index (κ2) is 7.33. The van der Waals surface area contributed by atoms with E-state index in [4.69, 9.17) is 21.4 Å². The van der Waals surface area contributed by atoms with Crippen molar-refractivity contribution in [1.82, 2.24) is 9.88 Å². The predicted molar refractivity (Wildman–Crippen MR) is 107 cm³/mol. The quantitative estimate of drug-likeness (QED) is 0.692. The average Bonchev–Trinajstić information content (AvgIpc) is 3.12. The van der Waals surface area contributed by atoms with Crippen LogP contribution < -0.4 is 10.1 Å². The van der Waals surface area contributed by atoms with Gasteiger partial charge in [0.05, 0.1) is 7.11 Å². The number of hydrogen-bond acceptors (Lipinski definition) is 4. The third kappa shape index (κ3) is 3.51. The number of oxazole rings is 1. The van der Waals surface area contributed by atoms with Gasteiger partial charge in [0.15, 0.2) is 16.6 Å². The van der Waals surface area contributed by atoms with Gasteiger partial charge in [-0.25, -0.2) is 4.98 Å². The Morgan fingerprint density at radius 1 is 1.19 bits per heavy atom. The van der Waals surface area contributed by atoms with Gasteiger partial charge in [-0.15, -0.1) is 0 Å². The molecule has 2 aromatic carbocycles. The number of likely N-dealkylation sites (tertiary alicyclic amines) is 1. The number of fused-ring (bicyclic) bond motifs is 1. The van der Waals surface area contributed by atoms with Crippen LogP contribution in [0.5, 0.6) is 5.75 Å². The van der Waals surface area contributed by atoms with Crippen LogP contribution in [0.15, 0.2) is 52.9 Å². The number of ether oxygens (including phenoxy) is 1. The molecule has 4 rings (SSSR count). The first-order chi connectivity index (χ1) is 12.7. The van der Waals surface area contributed by atoms with Gasteiger partial charge in [0.2, 0.25) is 0 Å². The third-order valence-electron chi connectivity index (χ3n) is 4.76. The zero-order valence-electron chi connectivity index (χ0n) is 14.6. The molecule has 2 heterocycles. The first kappa shape index (κ1) is 16.8. The summed E-state index contributed by atoms with van der Waals surface area (Å²) in [5.41, 5.74) is 2.73. The standard InChI is InChI=1S/C20H21N3O2S/c1-24-16-6-4-5-15(13-16)21-20(26)23-11-9-14(10-12-23)19-22-17-7-2-3-8-18(17)25-19/h2-8,13-14H,9-12H2,1H3,(H,21,26). The van der Waals surface area contributed by atoms with Crippen LogP contribution in [-0.4, -0.2) is 35.2 Å². The van der Waals surface area contributed by atoms with Crippen LogP contribution in [0, 0.1) is 0 Å². The molecule has 5 nitrogen and oxygen atoms in total. The van der Waals surface area contributed by atoms with Crippen LogP contribution in [0.1, 0.15) is 24.7 Å². The molecule has 26 heavy (non-hydrogen) atoms. The van der Waals surface area contributed by atoms with Crippen molar-refractivity contribution in [3.63, 3.8) is 0 Å². The Labute approximate surface area is 158 Å². The molecule has 134 valence electrons. The van der Waals surface area contributed by atoms with E-state index in [0.29, 0.717) is 5.92 Å².